The third-order valence-corrected chi connectivity index (χ3v) is 8.43. The zero-order valence-corrected chi connectivity index (χ0v) is 22.0. The number of aliphatic hydroxyl groups excluding tert-OH is 1. The van der Waals surface area contributed by atoms with Gasteiger partial charge in [0.1, 0.15) is 17.4 Å². The number of aliphatic hydroxyl groups is 1. The van der Waals surface area contributed by atoms with Crippen LogP contribution < -0.4 is 15.4 Å². The van der Waals surface area contributed by atoms with Gasteiger partial charge in [0.15, 0.2) is 0 Å². The number of anilines is 1. The van der Waals surface area contributed by atoms with Crippen LogP contribution in [0.25, 0.3) is 0 Å². The molecule has 2 aromatic rings. The van der Waals surface area contributed by atoms with Crippen LogP contribution in [0.2, 0.25) is 0 Å². The van der Waals surface area contributed by atoms with Crippen molar-refractivity contribution in [1.29, 1.82) is 0 Å². The van der Waals surface area contributed by atoms with E-state index in [0.29, 0.717) is 31.0 Å². The lowest BCUT2D eigenvalue weighted by atomic mass is 9.62. The van der Waals surface area contributed by atoms with Gasteiger partial charge < -0.3 is 30.1 Å². The van der Waals surface area contributed by atoms with E-state index in [1.165, 1.54) is 4.90 Å². The summed E-state index contributed by atoms with van der Waals surface area (Å²) in [6, 6.07) is 15.6. The lowest BCUT2D eigenvalue weighted by molar-refractivity contribution is -0.146. The number of likely N-dealkylation sites (tertiary alicyclic amines) is 1. The van der Waals surface area contributed by atoms with Gasteiger partial charge in [-0.15, -0.1) is 0 Å². The predicted octanol–water partition coefficient (Wildman–Crippen LogP) is 2.34. The Labute approximate surface area is 222 Å². The van der Waals surface area contributed by atoms with Crippen molar-refractivity contribution >= 4 is 23.4 Å². The Kier molecular flexibility index (Phi) is 6.92. The van der Waals surface area contributed by atoms with Gasteiger partial charge in [0.05, 0.1) is 30.7 Å². The summed E-state index contributed by atoms with van der Waals surface area (Å²) >= 11 is 0. The largest absolute Gasteiger partial charge is 0.494 e. The number of β-amino-alcohol motifs (C(OH)–C–C–N with tert-alkyl or cyclic N) is 1. The molecule has 5 rings (SSSR count). The number of carbonyl (C=O) groups excluding carboxylic acids is 3. The maximum absolute atomic E-state index is 13.8. The van der Waals surface area contributed by atoms with E-state index in [1.54, 1.807) is 24.3 Å². The van der Waals surface area contributed by atoms with Crippen molar-refractivity contribution in [2.75, 3.05) is 25.1 Å². The van der Waals surface area contributed by atoms with Crippen molar-refractivity contribution in [3.8, 4) is 5.75 Å². The summed E-state index contributed by atoms with van der Waals surface area (Å²) in [4.78, 5) is 42.7. The van der Waals surface area contributed by atoms with E-state index < -0.39 is 29.1 Å². The summed E-state index contributed by atoms with van der Waals surface area (Å²) in [5.74, 6) is -1.99. The number of hydrogen-bond acceptors (Lipinski definition) is 6. The molecule has 38 heavy (non-hydrogen) atoms. The molecule has 3 saturated heterocycles. The third kappa shape index (κ3) is 4.14. The summed E-state index contributed by atoms with van der Waals surface area (Å²) in [6.07, 6.45) is 0.470. The molecule has 1 spiro atoms. The highest BCUT2D eigenvalue weighted by atomic mass is 16.5. The summed E-state index contributed by atoms with van der Waals surface area (Å²) in [6.45, 7) is 6.30. The van der Waals surface area contributed by atoms with Crippen LogP contribution in [-0.4, -0.2) is 64.7 Å². The molecule has 0 radical (unpaired) electrons. The highest BCUT2D eigenvalue weighted by molar-refractivity contribution is 6.02. The molecule has 3 fully saturated rings. The molecular formula is C29H35N3O6. The van der Waals surface area contributed by atoms with Gasteiger partial charge >= 0.3 is 0 Å². The second-order valence-corrected chi connectivity index (χ2v) is 10.6. The van der Waals surface area contributed by atoms with Gasteiger partial charge in [-0.2, -0.15) is 0 Å². The predicted molar refractivity (Wildman–Crippen MR) is 140 cm³/mol. The van der Waals surface area contributed by atoms with Crippen LogP contribution >= 0.6 is 0 Å². The second kappa shape index (κ2) is 10.0. The molecule has 2 aromatic carbocycles. The van der Waals surface area contributed by atoms with Crippen molar-refractivity contribution in [3.63, 3.8) is 0 Å². The normalized spacial score (nSPS) is 31.3. The van der Waals surface area contributed by atoms with Crippen molar-refractivity contribution in [3.05, 3.63) is 60.2 Å². The second-order valence-electron chi connectivity index (χ2n) is 10.6. The Hall–Kier alpha value is -3.43. The first-order valence-corrected chi connectivity index (χ1v) is 13.2. The molecule has 0 aromatic heterocycles. The van der Waals surface area contributed by atoms with Gasteiger partial charge in [0, 0.05) is 18.8 Å². The summed E-state index contributed by atoms with van der Waals surface area (Å²) in [7, 11) is 0. The van der Waals surface area contributed by atoms with Crippen LogP contribution in [0.1, 0.15) is 32.8 Å². The average molecular weight is 522 g/mol. The highest BCUT2D eigenvalue weighted by Crippen LogP contribution is 2.65. The van der Waals surface area contributed by atoms with Crippen LogP contribution in [0.4, 0.5) is 5.69 Å². The highest BCUT2D eigenvalue weighted by Gasteiger charge is 2.79. The number of benzene rings is 2. The molecule has 3 amide bonds. The third-order valence-electron chi connectivity index (χ3n) is 8.43. The Morgan fingerprint density at radius 1 is 1.13 bits per heavy atom. The molecule has 0 saturated carbocycles. The number of nitrogens with one attached hydrogen (secondary N) is 2. The Bertz CT molecular complexity index is 1200. The van der Waals surface area contributed by atoms with Gasteiger partial charge in [0.25, 0.3) is 0 Å². The molecule has 9 nitrogen and oxygen atoms in total. The number of ether oxygens (including phenoxy) is 2. The molecule has 3 heterocycles. The zero-order chi connectivity index (χ0) is 27.1. The molecule has 3 unspecified atom stereocenters. The summed E-state index contributed by atoms with van der Waals surface area (Å²) in [5, 5.41) is 15.7. The molecule has 2 bridgehead atoms. The summed E-state index contributed by atoms with van der Waals surface area (Å²) < 4.78 is 12.1. The van der Waals surface area contributed by atoms with E-state index >= 15 is 0 Å². The molecular weight excluding hydrogens is 486 g/mol. The Morgan fingerprint density at radius 2 is 1.84 bits per heavy atom. The fraction of sp³-hybridized carbons (Fsp3) is 0.483. The first-order chi connectivity index (χ1) is 18.2. The first-order valence-electron chi connectivity index (χ1n) is 13.2. The maximum atomic E-state index is 13.8. The molecule has 6 atom stereocenters. The molecule has 3 aliphatic rings. The molecule has 202 valence electrons. The maximum Gasteiger partial charge on any atom is 0.246 e. The molecule has 3 aliphatic heterocycles. The Balaban J connectivity index is 1.44. The van der Waals surface area contributed by atoms with Crippen molar-refractivity contribution in [2.24, 2.45) is 17.8 Å². The van der Waals surface area contributed by atoms with Gasteiger partial charge in [-0.1, -0.05) is 37.3 Å². The number of hydrogen-bond donors (Lipinski definition) is 3. The van der Waals surface area contributed by atoms with E-state index in [-0.39, 0.29) is 36.8 Å². The van der Waals surface area contributed by atoms with E-state index in [1.807, 2.05) is 51.1 Å². The molecule has 3 N–H and O–H groups in total. The Morgan fingerprint density at radius 3 is 2.50 bits per heavy atom. The quantitative estimate of drug-likeness (QED) is 0.466. The van der Waals surface area contributed by atoms with Crippen LogP contribution in [0.3, 0.4) is 0 Å². The number of fused-ring (bicyclic) bond motifs is 1. The van der Waals surface area contributed by atoms with Gasteiger partial charge in [-0.05, 0) is 56.0 Å². The molecule has 9 heteroatoms. The zero-order valence-electron chi connectivity index (χ0n) is 22.0. The van der Waals surface area contributed by atoms with E-state index in [9.17, 15) is 19.5 Å². The number of amides is 3. The van der Waals surface area contributed by atoms with Gasteiger partial charge in [-0.25, -0.2) is 0 Å². The minimum atomic E-state index is -1.15. The number of carbonyl (C=O) groups is 3. The molecule has 0 aliphatic carbocycles. The minimum Gasteiger partial charge on any atom is -0.494 e. The van der Waals surface area contributed by atoms with Crippen LogP contribution in [0.5, 0.6) is 5.75 Å². The SMILES string of the molecule is CCOc1ccc(NC(=O)[C@@H]2[C@H]3C(=O)N(CCO)C(C(=O)NCc4ccccc4)C34CC(C)[C@@]2(C)O4)cc1. The van der Waals surface area contributed by atoms with Crippen LogP contribution in [-0.2, 0) is 25.7 Å². The van der Waals surface area contributed by atoms with Crippen LogP contribution in [0, 0.1) is 17.8 Å². The van der Waals surface area contributed by atoms with E-state index in [0.717, 1.165) is 5.56 Å². The fourth-order valence-corrected chi connectivity index (χ4v) is 6.69. The van der Waals surface area contributed by atoms with E-state index in [4.69, 9.17) is 9.47 Å². The van der Waals surface area contributed by atoms with Crippen LogP contribution in [0.15, 0.2) is 54.6 Å². The van der Waals surface area contributed by atoms with Crippen molar-refractivity contribution < 1.29 is 29.0 Å². The van der Waals surface area contributed by atoms with Crippen molar-refractivity contribution in [1.82, 2.24) is 10.2 Å². The fourth-order valence-electron chi connectivity index (χ4n) is 6.69. The van der Waals surface area contributed by atoms with Gasteiger partial charge in [0.2, 0.25) is 17.7 Å². The first kappa shape index (κ1) is 26.2. The van der Waals surface area contributed by atoms with E-state index in [2.05, 4.69) is 10.6 Å². The lowest BCUT2D eigenvalue weighted by Crippen LogP contribution is -2.55. The summed E-state index contributed by atoms with van der Waals surface area (Å²) in [5.41, 5.74) is -0.556. The van der Waals surface area contributed by atoms with Crippen molar-refractivity contribution in [2.45, 2.75) is 51.0 Å². The monoisotopic (exact) mass is 521 g/mol. The number of rotatable bonds is 9. The minimum absolute atomic E-state index is 0.0117. The standard InChI is InChI=1S/C29H35N3O6/c1-4-37-21-12-10-20(11-13-21)31-25(34)22-23-27(36)32(14-15-33)24(29(23)16-18(2)28(22,3)38-29)26(35)30-17-19-8-6-5-7-9-19/h5-13,18,22-24,33H,4,14-17H2,1-3H3,(H,30,35)(H,31,34)/t18?,22-,23-,24?,28+,29?/m0/s1. The number of nitrogens with zero attached hydrogens (tertiary/aromatic N) is 1. The smallest absolute Gasteiger partial charge is 0.246 e. The topological polar surface area (TPSA) is 117 Å². The van der Waals surface area contributed by atoms with Gasteiger partial charge in [-0.3, -0.25) is 14.4 Å². The average Bonchev–Trinajstić information content (AvgIpc) is 3.41. The lowest BCUT2D eigenvalue weighted by Gasteiger charge is -2.36.